The molecule has 3 rings (SSSR count). The van der Waals surface area contributed by atoms with E-state index in [2.05, 4.69) is 10.6 Å². The van der Waals surface area contributed by atoms with Crippen LogP contribution in [0, 0.1) is 0 Å². The van der Waals surface area contributed by atoms with Crippen molar-refractivity contribution >= 4 is 21.8 Å². The van der Waals surface area contributed by atoms with Crippen molar-refractivity contribution in [1.82, 2.24) is 14.9 Å². The van der Waals surface area contributed by atoms with E-state index >= 15 is 0 Å². The molecule has 1 aliphatic carbocycles. The van der Waals surface area contributed by atoms with E-state index in [1.165, 1.54) is 28.6 Å². The molecule has 1 saturated carbocycles. The summed E-state index contributed by atoms with van der Waals surface area (Å²) in [5.74, 6) is -0.626. The molecule has 0 spiro atoms. The molecule has 2 aromatic carbocycles. The summed E-state index contributed by atoms with van der Waals surface area (Å²) in [5, 5.41) is 5.75. The van der Waals surface area contributed by atoms with Crippen LogP contribution < -0.4 is 10.6 Å². The second kappa shape index (κ2) is 10.1. The fourth-order valence-corrected chi connectivity index (χ4v) is 4.78. The van der Waals surface area contributed by atoms with E-state index in [4.69, 9.17) is 0 Å². The van der Waals surface area contributed by atoms with E-state index in [9.17, 15) is 18.0 Å². The lowest BCUT2D eigenvalue weighted by Crippen LogP contribution is -2.48. The molecular weight excluding hydrogens is 414 g/mol. The highest BCUT2D eigenvalue weighted by molar-refractivity contribution is 7.89. The predicted molar refractivity (Wildman–Crippen MR) is 119 cm³/mol. The van der Waals surface area contributed by atoms with Gasteiger partial charge in [-0.1, -0.05) is 44.2 Å². The predicted octanol–water partition coefficient (Wildman–Crippen LogP) is 2.34. The van der Waals surface area contributed by atoms with Crippen molar-refractivity contribution in [3.05, 3.63) is 65.7 Å². The maximum atomic E-state index is 12.8. The Kier molecular flexibility index (Phi) is 7.46. The molecule has 2 aromatic rings. The number of hydrogen-bond acceptors (Lipinski definition) is 4. The van der Waals surface area contributed by atoms with Crippen LogP contribution in [0.4, 0.5) is 0 Å². The maximum Gasteiger partial charge on any atom is 0.251 e. The molecule has 0 aromatic heterocycles. The Hall–Kier alpha value is -2.71. The molecule has 1 atom stereocenters. The van der Waals surface area contributed by atoms with Crippen molar-refractivity contribution in [1.29, 1.82) is 0 Å². The van der Waals surface area contributed by atoms with Crippen LogP contribution in [-0.2, 0) is 21.2 Å². The average molecular weight is 444 g/mol. The van der Waals surface area contributed by atoms with Crippen LogP contribution in [-0.4, -0.2) is 49.7 Å². The number of nitrogens with one attached hydrogen (secondary N) is 2. The zero-order valence-electron chi connectivity index (χ0n) is 17.9. The number of hydrogen-bond donors (Lipinski definition) is 2. The first kappa shape index (κ1) is 23.0. The molecule has 0 aliphatic heterocycles. The molecule has 0 bridgehead atoms. The second-order valence-corrected chi connectivity index (χ2v) is 9.55. The van der Waals surface area contributed by atoms with Gasteiger partial charge in [0.1, 0.15) is 6.04 Å². The van der Waals surface area contributed by atoms with Crippen molar-refractivity contribution in [3.63, 3.8) is 0 Å². The normalized spacial score (nSPS) is 14.8. The van der Waals surface area contributed by atoms with Gasteiger partial charge in [-0.25, -0.2) is 8.42 Å². The summed E-state index contributed by atoms with van der Waals surface area (Å²) in [6.45, 7) is 4.31. The van der Waals surface area contributed by atoms with Gasteiger partial charge in [-0.2, -0.15) is 4.31 Å². The van der Waals surface area contributed by atoms with Crippen LogP contribution in [0.15, 0.2) is 59.5 Å². The molecule has 166 valence electrons. The summed E-state index contributed by atoms with van der Waals surface area (Å²) in [4.78, 5) is 25.6. The lowest BCUT2D eigenvalue weighted by molar-refractivity contribution is -0.123. The van der Waals surface area contributed by atoms with E-state index in [0.29, 0.717) is 25.1 Å². The lowest BCUT2D eigenvalue weighted by atomic mass is 10.0. The summed E-state index contributed by atoms with van der Waals surface area (Å²) in [6.07, 6.45) is 2.29. The Bertz CT molecular complexity index is 999. The van der Waals surface area contributed by atoms with Crippen molar-refractivity contribution < 1.29 is 18.0 Å². The van der Waals surface area contributed by atoms with Crippen LogP contribution in [0.1, 0.15) is 42.6 Å². The van der Waals surface area contributed by atoms with Gasteiger partial charge in [0.2, 0.25) is 15.9 Å². The van der Waals surface area contributed by atoms with Crippen LogP contribution in [0.25, 0.3) is 0 Å². The fourth-order valence-electron chi connectivity index (χ4n) is 3.32. The van der Waals surface area contributed by atoms with Gasteiger partial charge in [-0.15, -0.1) is 0 Å². The Morgan fingerprint density at radius 1 is 1.00 bits per heavy atom. The highest BCUT2D eigenvalue weighted by Crippen LogP contribution is 2.19. The van der Waals surface area contributed by atoms with Gasteiger partial charge in [0, 0.05) is 31.1 Å². The Balaban J connectivity index is 1.74. The zero-order chi connectivity index (χ0) is 22.4. The smallest absolute Gasteiger partial charge is 0.251 e. The van der Waals surface area contributed by atoms with Crippen LogP contribution in [0.3, 0.4) is 0 Å². The lowest BCUT2D eigenvalue weighted by Gasteiger charge is -2.20. The van der Waals surface area contributed by atoms with Gasteiger partial charge in [-0.05, 0) is 42.7 Å². The van der Waals surface area contributed by atoms with Crippen molar-refractivity contribution in [2.24, 2.45) is 0 Å². The minimum Gasteiger partial charge on any atom is -0.352 e. The third kappa shape index (κ3) is 5.92. The average Bonchev–Trinajstić information content (AvgIpc) is 3.58. The Morgan fingerprint density at radius 2 is 1.61 bits per heavy atom. The van der Waals surface area contributed by atoms with E-state index in [0.717, 1.165) is 18.4 Å². The zero-order valence-corrected chi connectivity index (χ0v) is 18.7. The summed E-state index contributed by atoms with van der Waals surface area (Å²) in [5.41, 5.74) is 1.25. The number of amides is 2. The monoisotopic (exact) mass is 443 g/mol. The summed E-state index contributed by atoms with van der Waals surface area (Å²) in [6, 6.07) is 14.8. The number of nitrogens with zero attached hydrogens (tertiary/aromatic N) is 1. The quantitative estimate of drug-likeness (QED) is 0.589. The molecule has 1 unspecified atom stereocenters. The van der Waals surface area contributed by atoms with Crippen LogP contribution in [0.5, 0.6) is 0 Å². The number of carbonyl (C=O) groups excluding carboxylic acids is 2. The van der Waals surface area contributed by atoms with E-state index in [1.807, 2.05) is 30.3 Å². The minimum absolute atomic E-state index is 0.139. The Labute approximate surface area is 183 Å². The highest BCUT2D eigenvalue weighted by Gasteiger charge is 2.29. The van der Waals surface area contributed by atoms with E-state index < -0.39 is 22.0 Å². The summed E-state index contributed by atoms with van der Waals surface area (Å²) in [7, 11) is -3.59. The summed E-state index contributed by atoms with van der Waals surface area (Å²) < 4.78 is 26.6. The first-order valence-electron chi connectivity index (χ1n) is 10.6. The first-order chi connectivity index (χ1) is 14.8. The molecule has 8 heteroatoms. The molecule has 2 amide bonds. The Morgan fingerprint density at radius 3 is 2.16 bits per heavy atom. The number of carbonyl (C=O) groups is 2. The molecule has 1 fully saturated rings. The fraction of sp³-hybridized carbons (Fsp3) is 0.391. The SMILES string of the molecule is CCN(CC)S(=O)(=O)c1ccc(C(=O)NC(Cc2ccccc2)C(=O)NC2CC2)cc1. The van der Waals surface area contributed by atoms with Crippen molar-refractivity contribution in [2.45, 2.75) is 50.1 Å². The molecule has 1 aliphatic rings. The van der Waals surface area contributed by atoms with Crippen molar-refractivity contribution in [3.8, 4) is 0 Å². The van der Waals surface area contributed by atoms with Gasteiger partial charge in [0.05, 0.1) is 4.90 Å². The number of sulfonamides is 1. The standard InChI is InChI=1S/C23H29N3O4S/c1-3-26(4-2)31(29,30)20-14-10-18(11-15-20)22(27)25-21(23(28)24-19-12-13-19)16-17-8-6-5-7-9-17/h5-11,14-15,19,21H,3-4,12-13,16H2,1-2H3,(H,24,28)(H,25,27). The van der Waals surface area contributed by atoms with Crippen molar-refractivity contribution in [2.75, 3.05) is 13.1 Å². The largest absolute Gasteiger partial charge is 0.352 e. The van der Waals surface area contributed by atoms with E-state index in [-0.39, 0.29) is 16.8 Å². The first-order valence-corrected chi connectivity index (χ1v) is 12.0. The maximum absolute atomic E-state index is 12.8. The van der Waals surface area contributed by atoms with Crippen LogP contribution >= 0.6 is 0 Å². The second-order valence-electron chi connectivity index (χ2n) is 7.61. The molecule has 0 heterocycles. The molecule has 2 N–H and O–H groups in total. The third-order valence-corrected chi connectivity index (χ3v) is 7.35. The molecule has 31 heavy (non-hydrogen) atoms. The molecular formula is C23H29N3O4S. The van der Waals surface area contributed by atoms with Gasteiger partial charge < -0.3 is 10.6 Å². The minimum atomic E-state index is -3.59. The molecule has 7 nitrogen and oxygen atoms in total. The van der Waals surface area contributed by atoms with Gasteiger partial charge >= 0.3 is 0 Å². The van der Waals surface area contributed by atoms with Gasteiger partial charge in [-0.3, -0.25) is 9.59 Å². The molecule has 0 radical (unpaired) electrons. The number of benzene rings is 2. The molecule has 0 saturated heterocycles. The highest BCUT2D eigenvalue weighted by atomic mass is 32.2. The van der Waals surface area contributed by atoms with Gasteiger partial charge in [0.15, 0.2) is 0 Å². The topological polar surface area (TPSA) is 95.6 Å². The summed E-state index contributed by atoms with van der Waals surface area (Å²) >= 11 is 0. The van der Waals surface area contributed by atoms with E-state index in [1.54, 1.807) is 13.8 Å². The van der Waals surface area contributed by atoms with Crippen LogP contribution in [0.2, 0.25) is 0 Å². The van der Waals surface area contributed by atoms with Gasteiger partial charge in [0.25, 0.3) is 5.91 Å². The number of rotatable bonds is 10. The third-order valence-electron chi connectivity index (χ3n) is 5.29.